The van der Waals surface area contributed by atoms with E-state index < -0.39 is 0 Å². The Hall–Kier alpha value is -1.86. The van der Waals surface area contributed by atoms with E-state index in [-0.39, 0.29) is 0 Å². The molecule has 0 N–H and O–H groups in total. The first kappa shape index (κ1) is 11.2. The fourth-order valence-electron chi connectivity index (χ4n) is 1.44. The standard InChI is InChI=1S/C14H15N/c1-5-15(6-2)14-9-7-13(8-10-14)11-12(3)4/h1-2,7-10,12H,11H2,3-4H3. The third-order valence-electron chi connectivity index (χ3n) is 2.10. The minimum Gasteiger partial charge on any atom is -0.228 e. The summed E-state index contributed by atoms with van der Waals surface area (Å²) in [5.41, 5.74) is 2.18. The number of benzene rings is 1. The van der Waals surface area contributed by atoms with Crippen LogP contribution in [0.3, 0.4) is 0 Å². The Balaban J connectivity index is 2.82. The summed E-state index contributed by atoms with van der Waals surface area (Å²) in [4.78, 5) is 1.43. The van der Waals surface area contributed by atoms with Crippen molar-refractivity contribution in [3.63, 3.8) is 0 Å². The number of nitrogens with zero attached hydrogens (tertiary/aromatic N) is 1. The van der Waals surface area contributed by atoms with Crippen molar-refractivity contribution in [3.8, 4) is 24.9 Å². The van der Waals surface area contributed by atoms with Crippen molar-refractivity contribution in [2.75, 3.05) is 4.90 Å². The molecule has 0 heterocycles. The van der Waals surface area contributed by atoms with Gasteiger partial charge in [0, 0.05) is 12.1 Å². The van der Waals surface area contributed by atoms with Gasteiger partial charge in [0.15, 0.2) is 0 Å². The summed E-state index contributed by atoms with van der Waals surface area (Å²) in [6, 6.07) is 12.9. The van der Waals surface area contributed by atoms with Crippen molar-refractivity contribution >= 4 is 5.69 Å². The number of hydrogen-bond acceptors (Lipinski definition) is 1. The van der Waals surface area contributed by atoms with Crippen LogP contribution in [0.25, 0.3) is 0 Å². The fraction of sp³-hybridized carbons (Fsp3) is 0.286. The van der Waals surface area contributed by atoms with E-state index in [1.807, 2.05) is 12.1 Å². The van der Waals surface area contributed by atoms with E-state index in [4.69, 9.17) is 12.8 Å². The van der Waals surface area contributed by atoms with Gasteiger partial charge in [0.1, 0.15) is 0 Å². The Kier molecular flexibility index (Phi) is 3.83. The zero-order chi connectivity index (χ0) is 11.3. The second-order valence-corrected chi connectivity index (χ2v) is 3.86. The Bertz CT molecular complexity index is 373. The molecule has 0 aromatic heterocycles. The van der Waals surface area contributed by atoms with E-state index in [2.05, 4.69) is 38.1 Å². The first-order chi connectivity index (χ1) is 7.17. The summed E-state index contributed by atoms with van der Waals surface area (Å²) in [7, 11) is 0. The zero-order valence-corrected chi connectivity index (χ0v) is 9.20. The summed E-state index contributed by atoms with van der Waals surface area (Å²) in [6.45, 7) is 4.40. The lowest BCUT2D eigenvalue weighted by Crippen LogP contribution is -2.07. The molecule has 15 heavy (non-hydrogen) atoms. The smallest absolute Gasteiger partial charge is 0.0636 e. The molecule has 1 aromatic carbocycles. The third-order valence-corrected chi connectivity index (χ3v) is 2.10. The molecule has 0 aliphatic carbocycles. The second kappa shape index (κ2) is 5.13. The van der Waals surface area contributed by atoms with E-state index in [1.165, 1.54) is 10.5 Å². The molecule has 0 aliphatic heterocycles. The van der Waals surface area contributed by atoms with Crippen molar-refractivity contribution in [1.82, 2.24) is 0 Å². The van der Waals surface area contributed by atoms with Crippen LogP contribution < -0.4 is 4.90 Å². The monoisotopic (exact) mass is 197 g/mol. The molecule has 1 rings (SSSR count). The second-order valence-electron chi connectivity index (χ2n) is 3.86. The lowest BCUT2D eigenvalue weighted by molar-refractivity contribution is 0.647. The predicted molar refractivity (Wildman–Crippen MR) is 65.1 cm³/mol. The molecule has 0 fully saturated rings. The van der Waals surface area contributed by atoms with Gasteiger partial charge in [-0.2, -0.15) is 0 Å². The van der Waals surface area contributed by atoms with Crippen molar-refractivity contribution in [2.45, 2.75) is 20.3 Å². The summed E-state index contributed by atoms with van der Waals surface area (Å²) in [5.74, 6) is 0.659. The van der Waals surface area contributed by atoms with Crippen molar-refractivity contribution < 1.29 is 0 Å². The van der Waals surface area contributed by atoms with Gasteiger partial charge in [-0.05, 0) is 30.0 Å². The lowest BCUT2D eigenvalue weighted by Gasteiger charge is -2.10. The molecule has 76 valence electrons. The van der Waals surface area contributed by atoms with E-state index in [0.29, 0.717) is 5.92 Å². The largest absolute Gasteiger partial charge is 0.228 e. The highest BCUT2D eigenvalue weighted by Crippen LogP contribution is 2.15. The molecule has 0 spiro atoms. The Labute approximate surface area is 92.1 Å². The van der Waals surface area contributed by atoms with E-state index in [9.17, 15) is 0 Å². The molecule has 0 unspecified atom stereocenters. The van der Waals surface area contributed by atoms with Crippen LogP contribution in [-0.2, 0) is 6.42 Å². The van der Waals surface area contributed by atoms with E-state index >= 15 is 0 Å². The van der Waals surface area contributed by atoms with Gasteiger partial charge in [-0.3, -0.25) is 0 Å². The van der Waals surface area contributed by atoms with E-state index in [1.54, 1.807) is 0 Å². The Morgan fingerprint density at radius 1 is 1.13 bits per heavy atom. The van der Waals surface area contributed by atoms with Gasteiger partial charge in [0.05, 0.1) is 5.69 Å². The van der Waals surface area contributed by atoms with Crippen LogP contribution in [0.2, 0.25) is 0 Å². The quantitative estimate of drug-likeness (QED) is 0.532. The Morgan fingerprint density at radius 3 is 2.07 bits per heavy atom. The highest BCUT2D eigenvalue weighted by atomic mass is 15.1. The molecule has 1 aromatic rings. The topological polar surface area (TPSA) is 3.24 Å². The molecule has 0 aliphatic rings. The summed E-state index contributed by atoms with van der Waals surface area (Å²) in [5, 5.41) is 0. The van der Waals surface area contributed by atoms with E-state index in [0.717, 1.165) is 12.1 Å². The third kappa shape index (κ3) is 3.08. The minimum atomic E-state index is 0.659. The molecular formula is C14H15N. The first-order valence-corrected chi connectivity index (χ1v) is 4.99. The molecule has 0 amide bonds. The highest BCUT2D eigenvalue weighted by Gasteiger charge is 2.01. The summed E-state index contributed by atoms with van der Waals surface area (Å²) >= 11 is 0. The summed E-state index contributed by atoms with van der Waals surface area (Å²) < 4.78 is 0. The van der Waals surface area contributed by atoms with Gasteiger partial charge < -0.3 is 0 Å². The SMILES string of the molecule is C#CN(C#C)c1ccc(CC(C)C)cc1. The highest BCUT2D eigenvalue weighted by molar-refractivity contribution is 5.56. The lowest BCUT2D eigenvalue weighted by atomic mass is 10.0. The summed E-state index contributed by atoms with van der Waals surface area (Å²) in [6.07, 6.45) is 11.6. The number of rotatable bonds is 3. The average molecular weight is 197 g/mol. The molecule has 1 heteroatoms. The van der Waals surface area contributed by atoms with Crippen LogP contribution in [0.5, 0.6) is 0 Å². The number of hydrogen-bond donors (Lipinski definition) is 0. The molecule has 0 saturated heterocycles. The maximum Gasteiger partial charge on any atom is 0.0636 e. The molecule has 1 nitrogen and oxygen atoms in total. The van der Waals surface area contributed by atoms with Gasteiger partial charge in [0.2, 0.25) is 0 Å². The fourth-order valence-corrected chi connectivity index (χ4v) is 1.44. The van der Waals surface area contributed by atoms with Crippen LogP contribution in [0.1, 0.15) is 19.4 Å². The zero-order valence-electron chi connectivity index (χ0n) is 9.20. The number of anilines is 1. The molecule has 0 saturated carbocycles. The molecule has 0 bridgehead atoms. The van der Waals surface area contributed by atoms with Gasteiger partial charge in [-0.1, -0.05) is 38.8 Å². The number of terminal acetylenes is 2. The maximum atomic E-state index is 5.27. The molecule has 0 radical (unpaired) electrons. The molecular weight excluding hydrogens is 182 g/mol. The molecule has 0 atom stereocenters. The van der Waals surface area contributed by atoms with Gasteiger partial charge in [-0.25, -0.2) is 4.90 Å². The van der Waals surface area contributed by atoms with Gasteiger partial charge >= 0.3 is 0 Å². The van der Waals surface area contributed by atoms with Gasteiger partial charge in [-0.15, -0.1) is 0 Å². The van der Waals surface area contributed by atoms with Crippen LogP contribution in [0.15, 0.2) is 24.3 Å². The van der Waals surface area contributed by atoms with Crippen molar-refractivity contribution in [2.24, 2.45) is 5.92 Å². The van der Waals surface area contributed by atoms with Crippen LogP contribution in [-0.4, -0.2) is 0 Å². The van der Waals surface area contributed by atoms with Crippen molar-refractivity contribution in [3.05, 3.63) is 29.8 Å². The van der Waals surface area contributed by atoms with Crippen LogP contribution in [0.4, 0.5) is 5.69 Å². The Morgan fingerprint density at radius 2 is 1.67 bits per heavy atom. The predicted octanol–water partition coefficient (Wildman–Crippen LogP) is 2.87. The normalized spacial score (nSPS) is 9.40. The van der Waals surface area contributed by atoms with Crippen LogP contribution in [0, 0.1) is 30.9 Å². The maximum absolute atomic E-state index is 5.27. The minimum absolute atomic E-state index is 0.659. The first-order valence-electron chi connectivity index (χ1n) is 4.99. The van der Waals surface area contributed by atoms with Gasteiger partial charge in [0.25, 0.3) is 0 Å². The average Bonchev–Trinajstić information content (AvgIpc) is 2.21. The van der Waals surface area contributed by atoms with Crippen molar-refractivity contribution in [1.29, 1.82) is 0 Å². The van der Waals surface area contributed by atoms with Crippen LogP contribution >= 0.6 is 0 Å².